The maximum atomic E-state index is 12.7. The van der Waals surface area contributed by atoms with E-state index in [9.17, 15) is 28.3 Å². The van der Waals surface area contributed by atoms with E-state index in [-0.39, 0.29) is 28.9 Å². The second-order valence-electron chi connectivity index (χ2n) is 9.29. The Kier molecular flexibility index (Phi) is 7.33. The Balaban J connectivity index is 1.51. The Bertz CT molecular complexity index is 1070. The van der Waals surface area contributed by atoms with Crippen LogP contribution in [-0.4, -0.2) is 51.0 Å². The van der Waals surface area contributed by atoms with Crippen molar-refractivity contribution >= 4 is 17.4 Å². The number of carbonyl (C=O) groups excluding carboxylic acids is 1. The van der Waals surface area contributed by atoms with Crippen LogP contribution in [0, 0.1) is 17.2 Å². The molecule has 188 valence electrons. The number of benzene rings is 1. The van der Waals surface area contributed by atoms with Crippen LogP contribution in [0.1, 0.15) is 66.6 Å². The number of amides is 1. The molecule has 0 spiro atoms. The van der Waals surface area contributed by atoms with Crippen LogP contribution in [0.4, 0.5) is 24.7 Å². The second-order valence-corrected chi connectivity index (χ2v) is 9.29. The third kappa shape index (κ3) is 5.60. The van der Waals surface area contributed by atoms with Gasteiger partial charge in [-0.25, -0.2) is 0 Å². The number of piperidine rings is 1. The predicted molar refractivity (Wildman–Crippen MR) is 123 cm³/mol. The molecule has 1 amide bonds. The number of rotatable bonds is 6. The maximum Gasteiger partial charge on any atom is 0.418 e. The fourth-order valence-corrected chi connectivity index (χ4v) is 5.11. The van der Waals surface area contributed by atoms with Crippen LogP contribution in [0.25, 0.3) is 0 Å². The normalized spacial score (nSPS) is 24.5. The number of aliphatic hydroxyl groups is 1. The third-order valence-corrected chi connectivity index (χ3v) is 7.00. The molecule has 2 aliphatic rings. The molecular weight excluding hydrogens is 461 g/mol. The van der Waals surface area contributed by atoms with Crippen LogP contribution in [0.2, 0.25) is 0 Å². The molecule has 8 nitrogen and oxygen atoms in total. The smallest absolute Gasteiger partial charge is 0.379 e. The molecule has 2 aromatic rings. The third-order valence-electron chi connectivity index (χ3n) is 7.00. The molecule has 1 saturated heterocycles. The van der Waals surface area contributed by atoms with E-state index >= 15 is 0 Å². The number of nitrogens with zero attached hydrogens (tertiary/aromatic N) is 4. The quantitative estimate of drug-likeness (QED) is 0.562. The van der Waals surface area contributed by atoms with E-state index < -0.39 is 18.2 Å². The molecule has 4 N–H and O–H groups in total. The average molecular weight is 491 g/mol. The van der Waals surface area contributed by atoms with Crippen LogP contribution >= 0.6 is 0 Å². The van der Waals surface area contributed by atoms with Gasteiger partial charge < -0.3 is 21.1 Å². The minimum atomic E-state index is -4.77. The van der Waals surface area contributed by atoms with Crippen LogP contribution < -0.4 is 11.1 Å². The number of likely N-dealkylation sites (tertiary alicyclic amines) is 1. The summed E-state index contributed by atoms with van der Waals surface area (Å²) in [6.45, 7) is 2.13. The van der Waals surface area contributed by atoms with Gasteiger partial charge in [0.15, 0.2) is 11.9 Å². The van der Waals surface area contributed by atoms with Crippen molar-refractivity contribution in [1.29, 1.82) is 5.26 Å². The number of carbonyl (C=O) groups is 1. The number of alkyl halides is 3. The lowest BCUT2D eigenvalue weighted by molar-refractivity contribution is -0.206. The molecule has 1 aliphatic heterocycles. The Morgan fingerprint density at radius 2 is 1.89 bits per heavy atom. The standard InChI is InChI=1S/C24H29F3N6O2/c25-24(26,27)21(34)15-4-6-17(7-5-15)30-23-19(22(29)35)14-33(31-23)20-9-8-18(12-16(20)13-28)32-10-2-1-3-11-32/h4-7,14,16,18,20-21,34H,1-3,8-12H2,(H2,29,35)(H,30,31)/t16-,18-,20+,21+/m1/s1. The minimum absolute atomic E-state index is 0.124. The first-order chi connectivity index (χ1) is 16.7. The highest BCUT2D eigenvalue weighted by atomic mass is 19.4. The molecule has 1 saturated carbocycles. The van der Waals surface area contributed by atoms with Gasteiger partial charge in [0.05, 0.1) is 18.0 Å². The summed E-state index contributed by atoms with van der Waals surface area (Å²) in [5, 5.41) is 26.7. The van der Waals surface area contributed by atoms with Crippen molar-refractivity contribution in [2.75, 3.05) is 18.4 Å². The Labute approximate surface area is 201 Å². The van der Waals surface area contributed by atoms with E-state index in [2.05, 4.69) is 21.4 Å². The zero-order valence-electron chi connectivity index (χ0n) is 19.2. The number of anilines is 2. The van der Waals surface area contributed by atoms with Gasteiger partial charge in [0, 0.05) is 17.9 Å². The summed E-state index contributed by atoms with van der Waals surface area (Å²) in [6, 6.07) is 7.59. The highest BCUT2D eigenvalue weighted by Crippen LogP contribution is 2.38. The minimum Gasteiger partial charge on any atom is -0.379 e. The predicted octanol–water partition coefficient (Wildman–Crippen LogP) is 4.04. The van der Waals surface area contributed by atoms with Gasteiger partial charge in [0.2, 0.25) is 0 Å². The molecule has 0 unspecified atom stereocenters. The molecule has 1 aliphatic carbocycles. The Morgan fingerprint density at radius 1 is 1.20 bits per heavy atom. The van der Waals surface area contributed by atoms with Crippen molar-refractivity contribution in [1.82, 2.24) is 14.7 Å². The topological polar surface area (TPSA) is 120 Å². The monoisotopic (exact) mass is 490 g/mol. The van der Waals surface area contributed by atoms with E-state index in [4.69, 9.17) is 5.73 Å². The summed E-state index contributed by atoms with van der Waals surface area (Å²) in [6.07, 6.45) is 0.201. The summed E-state index contributed by atoms with van der Waals surface area (Å²) in [5.74, 6) is -0.817. The second kappa shape index (κ2) is 10.3. The lowest BCUT2D eigenvalue weighted by Gasteiger charge is -2.40. The van der Waals surface area contributed by atoms with Gasteiger partial charge >= 0.3 is 6.18 Å². The number of hydrogen-bond acceptors (Lipinski definition) is 6. The summed E-state index contributed by atoms with van der Waals surface area (Å²) in [5.41, 5.74) is 5.75. The van der Waals surface area contributed by atoms with E-state index in [1.54, 1.807) is 4.68 Å². The molecule has 4 atom stereocenters. The molecule has 1 aromatic carbocycles. The van der Waals surface area contributed by atoms with Crippen LogP contribution in [0.15, 0.2) is 30.5 Å². The van der Waals surface area contributed by atoms with Crippen molar-refractivity contribution in [3.63, 3.8) is 0 Å². The van der Waals surface area contributed by atoms with Crippen molar-refractivity contribution in [3.8, 4) is 6.07 Å². The molecule has 4 rings (SSSR count). The lowest BCUT2D eigenvalue weighted by Crippen LogP contribution is -2.44. The van der Waals surface area contributed by atoms with E-state index in [0.29, 0.717) is 11.7 Å². The molecule has 2 fully saturated rings. The average Bonchev–Trinajstić information content (AvgIpc) is 3.27. The number of aromatic nitrogens is 2. The zero-order valence-corrected chi connectivity index (χ0v) is 19.2. The van der Waals surface area contributed by atoms with Gasteiger partial charge in [-0.3, -0.25) is 9.48 Å². The van der Waals surface area contributed by atoms with Gasteiger partial charge in [-0.2, -0.15) is 23.5 Å². The van der Waals surface area contributed by atoms with Gasteiger partial charge in [-0.1, -0.05) is 18.6 Å². The van der Waals surface area contributed by atoms with Gasteiger partial charge in [0.25, 0.3) is 5.91 Å². The highest BCUT2D eigenvalue weighted by Gasteiger charge is 2.39. The fourth-order valence-electron chi connectivity index (χ4n) is 5.11. The number of nitriles is 1. The van der Waals surface area contributed by atoms with Crippen molar-refractivity contribution in [2.45, 2.75) is 62.9 Å². The molecule has 0 bridgehead atoms. The molecule has 2 heterocycles. The number of hydrogen-bond donors (Lipinski definition) is 3. The lowest BCUT2D eigenvalue weighted by atomic mass is 9.81. The first-order valence-electron chi connectivity index (χ1n) is 11.8. The fraction of sp³-hybridized carbons (Fsp3) is 0.542. The number of aliphatic hydroxyl groups excluding tert-OH is 1. The Hall–Kier alpha value is -3.10. The van der Waals surface area contributed by atoms with Gasteiger partial charge in [-0.05, 0) is 62.9 Å². The molecule has 35 heavy (non-hydrogen) atoms. The zero-order chi connectivity index (χ0) is 25.2. The van der Waals surface area contributed by atoms with Gasteiger partial charge in [-0.15, -0.1) is 0 Å². The molecular formula is C24H29F3N6O2. The molecule has 11 heteroatoms. The summed E-state index contributed by atoms with van der Waals surface area (Å²) in [4.78, 5) is 14.6. The summed E-state index contributed by atoms with van der Waals surface area (Å²) in [7, 11) is 0. The Morgan fingerprint density at radius 3 is 2.49 bits per heavy atom. The highest BCUT2D eigenvalue weighted by molar-refractivity contribution is 5.98. The maximum absolute atomic E-state index is 12.7. The molecule has 1 aromatic heterocycles. The van der Waals surface area contributed by atoms with Crippen molar-refractivity contribution in [3.05, 3.63) is 41.6 Å². The van der Waals surface area contributed by atoms with Crippen molar-refractivity contribution in [2.24, 2.45) is 11.7 Å². The summed E-state index contributed by atoms with van der Waals surface area (Å²) >= 11 is 0. The van der Waals surface area contributed by atoms with Crippen LogP contribution in [-0.2, 0) is 0 Å². The SMILES string of the molecule is N#C[C@H]1C[C@H](N2CCCCC2)CC[C@@H]1n1cc(C(N)=O)c(Nc2ccc([C@H](O)C(F)(F)F)cc2)n1. The summed E-state index contributed by atoms with van der Waals surface area (Å²) < 4.78 is 39.8. The van der Waals surface area contributed by atoms with E-state index in [0.717, 1.165) is 44.5 Å². The molecule has 0 radical (unpaired) electrons. The van der Waals surface area contributed by atoms with Crippen LogP contribution in [0.3, 0.4) is 0 Å². The van der Waals surface area contributed by atoms with Gasteiger partial charge in [0.1, 0.15) is 5.56 Å². The largest absolute Gasteiger partial charge is 0.418 e. The van der Waals surface area contributed by atoms with E-state index in [1.807, 2.05) is 0 Å². The first-order valence-corrected chi connectivity index (χ1v) is 11.8. The van der Waals surface area contributed by atoms with Crippen LogP contribution in [0.5, 0.6) is 0 Å². The number of primary amides is 1. The van der Waals surface area contributed by atoms with Crippen molar-refractivity contribution < 1.29 is 23.1 Å². The van der Waals surface area contributed by atoms with E-state index in [1.165, 1.54) is 37.6 Å². The number of nitrogens with two attached hydrogens (primary N) is 1. The number of halogens is 3. The first kappa shape index (κ1) is 25.0. The number of nitrogens with one attached hydrogen (secondary N) is 1.